The van der Waals surface area contributed by atoms with Crippen molar-refractivity contribution in [1.29, 1.82) is 0 Å². The molecule has 2 aromatic carbocycles. The van der Waals surface area contributed by atoms with E-state index in [4.69, 9.17) is 0 Å². The van der Waals surface area contributed by atoms with Crippen LogP contribution in [0.1, 0.15) is 48.4 Å². The van der Waals surface area contributed by atoms with Crippen LogP contribution in [0.15, 0.2) is 54.6 Å². The van der Waals surface area contributed by atoms with Crippen molar-refractivity contribution in [3.05, 3.63) is 71.3 Å². The molecular weight excluding hydrogens is 393 g/mol. The van der Waals surface area contributed by atoms with Crippen LogP contribution in [0.3, 0.4) is 0 Å². The Balaban J connectivity index is 1.57. The van der Waals surface area contributed by atoms with Crippen molar-refractivity contribution in [3.63, 3.8) is 0 Å². The summed E-state index contributed by atoms with van der Waals surface area (Å²) in [5, 5.41) is 2.90. The first-order chi connectivity index (χ1) is 14.2. The molecule has 0 aromatic heterocycles. The highest BCUT2D eigenvalue weighted by Crippen LogP contribution is 2.36. The van der Waals surface area contributed by atoms with Crippen LogP contribution in [-0.2, 0) is 15.8 Å². The second-order valence-corrected chi connectivity index (χ2v) is 7.85. The fraction of sp³-hybridized carbons (Fsp3) is 0.391. The molecule has 0 saturated carbocycles. The average Bonchev–Trinajstić information content (AvgIpc) is 3.00. The number of hydrogen-bond donors (Lipinski definition) is 1. The van der Waals surface area contributed by atoms with E-state index in [1.807, 2.05) is 37.3 Å². The zero-order valence-electron chi connectivity index (χ0n) is 16.9. The molecule has 2 aromatic rings. The number of halogens is 3. The summed E-state index contributed by atoms with van der Waals surface area (Å²) in [4.78, 5) is 26.4. The predicted octanol–water partition coefficient (Wildman–Crippen LogP) is 4.53. The van der Waals surface area contributed by atoms with Gasteiger partial charge in [-0.25, -0.2) is 0 Å². The highest BCUT2D eigenvalue weighted by atomic mass is 19.4. The molecule has 7 heteroatoms. The number of carbonyl (C=O) groups excluding carboxylic acids is 2. The summed E-state index contributed by atoms with van der Waals surface area (Å²) in [6, 6.07) is 14.5. The van der Waals surface area contributed by atoms with E-state index < -0.39 is 11.7 Å². The first kappa shape index (κ1) is 21.9. The lowest BCUT2D eigenvalue weighted by molar-refractivity contribution is -0.137. The van der Waals surface area contributed by atoms with Gasteiger partial charge in [-0.2, -0.15) is 13.2 Å². The lowest BCUT2D eigenvalue weighted by atomic mass is 9.93. The van der Waals surface area contributed by atoms with Gasteiger partial charge in [0.05, 0.1) is 11.6 Å². The number of hydrogen-bond acceptors (Lipinski definition) is 2. The lowest BCUT2D eigenvalue weighted by Crippen LogP contribution is -2.33. The molecule has 3 rings (SSSR count). The molecule has 0 bridgehead atoms. The Kier molecular flexibility index (Phi) is 6.48. The molecule has 1 aliphatic heterocycles. The number of likely N-dealkylation sites (tertiary alicyclic amines) is 1. The topological polar surface area (TPSA) is 49.4 Å². The molecule has 3 atom stereocenters. The summed E-state index contributed by atoms with van der Waals surface area (Å²) >= 11 is 0. The van der Waals surface area contributed by atoms with E-state index in [1.165, 1.54) is 12.1 Å². The third-order valence-electron chi connectivity index (χ3n) is 5.70. The maximum Gasteiger partial charge on any atom is 0.416 e. The van der Waals surface area contributed by atoms with Gasteiger partial charge in [-0.05, 0) is 29.2 Å². The first-order valence-electron chi connectivity index (χ1n) is 9.91. The Morgan fingerprint density at radius 3 is 2.37 bits per heavy atom. The summed E-state index contributed by atoms with van der Waals surface area (Å²) in [5.74, 6) is -0.391. The standard InChI is InChI=1S/C23H25F3N2O2/c1-15(16-8-10-19(11-9-16)23(24,25)26)12-20(29)27-14-18-13-21(30)28(2)22(18)17-6-4-3-5-7-17/h3-11,15,18,22H,12-14H2,1-2H3,(H,27,29). The van der Waals surface area contributed by atoms with Gasteiger partial charge in [0.25, 0.3) is 0 Å². The van der Waals surface area contributed by atoms with Gasteiger partial charge in [0.2, 0.25) is 11.8 Å². The zero-order valence-corrected chi connectivity index (χ0v) is 16.9. The zero-order chi connectivity index (χ0) is 21.9. The minimum Gasteiger partial charge on any atom is -0.356 e. The normalized spacial score (nSPS) is 20.3. The molecule has 1 N–H and O–H groups in total. The maximum absolute atomic E-state index is 12.7. The van der Waals surface area contributed by atoms with Crippen molar-refractivity contribution in [2.75, 3.05) is 13.6 Å². The van der Waals surface area contributed by atoms with Crippen molar-refractivity contribution < 1.29 is 22.8 Å². The second-order valence-electron chi connectivity index (χ2n) is 7.85. The molecule has 0 radical (unpaired) electrons. The quantitative estimate of drug-likeness (QED) is 0.749. The minimum absolute atomic E-state index is 0.0322. The van der Waals surface area contributed by atoms with Crippen LogP contribution in [0, 0.1) is 5.92 Å². The number of nitrogens with zero attached hydrogens (tertiary/aromatic N) is 1. The van der Waals surface area contributed by atoms with Crippen LogP contribution < -0.4 is 5.32 Å². The number of rotatable bonds is 6. The summed E-state index contributed by atoms with van der Waals surface area (Å²) in [7, 11) is 1.77. The summed E-state index contributed by atoms with van der Waals surface area (Å²) in [6.45, 7) is 2.18. The third kappa shape index (κ3) is 5.01. The van der Waals surface area contributed by atoms with E-state index in [1.54, 1.807) is 11.9 Å². The molecule has 0 aliphatic carbocycles. The maximum atomic E-state index is 12.7. The van der Waals surface area contributed by atoms with Crippen molar-refractivity contribution in [2.24, 2.45) is 5.92 Å². The average molecular weight is 418 g/mol. The van der Waals surface area contributed by atoms with Crippen LogP contribution in [-0.4, -0.2) is 30.3 Å². The van der Waals surface area contributed by atoms with Gasteiger partial charge >= 0.3 is 6.18 Å². The Morgan fingerprint density at radius 1 is 1.13 bits per heavy atom. The molecule has 1 fully saturated rings. The molecule has 1 aliphatic rings. The highest BCUT2D eigenvalue weighted by Gasteiger charge is 2.38. The molecule has 0 spiro atoms. The molecule has 4 nitrogen and oxygen atoms in total. The van der Waals surface area contributed by atoms with Gasteiger partial charge in [0, 0.05) is 32.4 Å². The van der Waals surface area contributed by atoms with Crippen LogP contribution >= 0.6 is 0 Å². The molecule has 3 unspecified atom stereocenters. The van der Waals surface area contributed by atoms with Gasteiger partial charge in [-0.1, -0.05) is 49.4 Å². The number of nitrogens with one attached hydrogen (secondary N) is 1. The number of amides is 2. The number of carbonyl (C=O) groups is 2. The van der Waals surface area contributed by atoms with E-state index >= 15 is 0 Å². The van der Waals surface area contributed by atoms with Crippen molar-refractivity contribution in [1.82, 2.24) is 10.2 Å². The number of alkyl halides is 3. The molecule has 1 heterocycles. The van der Waals surface area contributed by atoms with Gasteiger partial charge in [0.15, 0.2) is 0 Å². The van der Waals surface area contributed by atoms with E-state index in [0.29, 0.717) is 18.5 Å². The first-order valence-corrected chi connectivity index (χ1v) is 9.91. The smallest absolute Gasteiger partial charge is 0.356 e. The molecule has 1 saturated heterocycles. The molecular formula is C23H25F3N2O2. The van der Waals surface area contributed by atoms with Gasteiger partial charge in [0.1, 0.15) is 0 Å². The SMILES string of the molecule is CC(CC(=O)NCC1CC(=O)N(C)C1c1ccccc1)c1ccc(C(F)(F)F)cc1. The van der Waals surface area contributed by atoms with E-state index in [2.05, 4.69) is 5.32 Å². The van der Waals surface area contributed by atoms with Crippen LogP contribution in [0.4, 0.5) is 13.2 Å². The third-order valence-corrected chi connectivity index (χ3v) is 5.70. The van der Waals surface area contributed by atoms with Crippen molar-refractivity contribution in [3.8, 4) is 0 Å². The monoisotopic (exact) mass is 418 g/mol. The van der Waals surface area contributed by atoms with E-state index in [-0.39, 0.29) is 36.1 Å². The Morgan fingerprint density at radius 2 is 1.77 bits per heavy atom. The summed E-state index contributed by atoms with van der Waals surface area (Å²) < 4.78 is 38.1. The fourth-order valence-electron chi connectivity index (χ4n) is 3.99. The molecule has 160 valence electrons. The van der Waals surface area contributed by atoms with E-state index in [9.17, 15) is 22.8 Å². The minimum atomic E-state index is -4.37. The van der Waals surface area contributed by atoms with Crippen LogP contribution in [0.5, 0.6) is 0 Å². The molecule has 2 amide bonds. The highest BCUT2D eigenvalue weighted by molar-refractivity contribution is 5.80. The van der Waals surface area contributed by atoms with Crippen molar-refractivity contribution in [2.45, 2.75) is 37.9 Å². The fourth-order valence-corrected chi connectivity index (χ4v) is 3.99. The van der Waals surface area contributed by atoms with Gasteiger partial charge in [-0.3, -0.25) is 9.59 Å². The number of benzene rings is 2. The largest absolute Gasteiger partial charge is 0.416 e. The van der Waals surface area contributed by atoms with Crippen LogP contribution in [0.2, 0.25) is 0 Å². The Labute approximate surface area is 174 Å². The predicted molar refractivity (Wildman–Crippen MR) is 108 cm³/mol. The summed E-state index contributed by atoms with van der Waals surface area (Å²) in [5.41, 5.74) is 1.00. The second kappa shape index (κ2) is 8.90. The lowest BCUT2D eigenvalue weighted by Gasteiger charge is -2.25. The molecule has 30 heavy (non-hydrogen) atoms. The van der Waals surface area contributed by atoms with E-state index in [0.717, 1.165) is 17.7 Å². The van der Waals surface area contributed by atoms with Gasteiger partial charge < -0.3 is 10.2 Å². The Hall–Kier alpha value is -2.83. The van der Waals surface area contributed by atoms with Crippen molar-refractivity contribution >= 4 is 11.8 Å². The Bertz CT molecular complexity index is 882. The summed E-state index contributed by atoms with van der Waals surface area (Å²) in [6.07, 6.45) is -3.84. The van der Waals surface area contributed by atoms with Gasteiger partial charge in [-0.15, -0.1) is 0 Å². The van der Waals surface area contributed by atoms with Crippen LogP contribution in [0.25, 0.3) is 0 Å².